The molecule has 1 aromatic rings. The summed E-state index contributed by atoms with van der Waals surface area (Å²) in [7, 11) is 0. The number of nitrogens with zero attached hydrogens (tertiary/aromatic N) is 2. The minimum atomic E-state index is -1.39. The van der Waals surface area contributed by atoms with Crippen LogP contribution in [0.2, 0.25) is 0 Å². The molecule has 24 heavy (non-hydrogen) atoms. The number of non-ortho nitro benzene ring substituents is 1. The van der Waals surface area contributed by atoms with Gasteiger partial charge >= 0.3 is 0 Å². The Morgan fingerprint density at radius 2 is 2.08 bits per heavy atom. The first kappa shape index (κ1) is 16.9. The van der Waals surface area contributed by atoms with Crippen LogP contribution < -0.4 is 0 Å². The number of carbonyl (C=O) groups is 1. The monoisotopic (exact) mass is 334 g/mol. The van der Waals surface area contributed by atoms with Gasteiger partial charge in [0.15, 0.2) is 6.10 Å². The van der Waals surface area contributed by atoms with Gasteiger partial charge in [0.2, 0.25) is 0 Å². The Bertz CT molecular complexity index is 622. The quantitative estimate of drug-likeness (QED) is 0.675. The van der Waals surface area contributed by atoms with E-state index >= 15 is 0 Å². The topological polar surface area (TPSA) is 92.9 Å². The number of hydrogen-bond acceptors (Lipinski definition) is 5. The summed E-state index contributed by atoms with van der Waals surface area (Å²) in [6.45, 7) is 1.39. The van der Waals surface area contributed by atoms with E-state index < -0.39 is 16.9 Å². The molecule has 3 rings (SSSR count). The number of morpholine rings is 1. The Balaban J connectivity index is 1.73. The van der Waals surface area contributed by atoms with E-state index in [1.807, 2.05) is 0 Å². The highest BCUT2D eigenvalue weighted by molar-refractivity contribution is 5.82. The third-order valence-corrected chi connectivity index (χ3v) is 4.96. The normalized spacial score (nSPS) is 21.5. The van der Waals surface area contributed by atoms with Crippen molar-refractivity contribution in [3.05, 3.63) is 39.9 Å². The molecular formula is C17H22N2O5. The molecule has 0 unspecified atom stereocenters. The van der Waals surface area contributed by atoms with Crippen LogP contribution in [-0.2, 0) is 9.53 Å². The van der Waals surface area contributed by atoms with E-state index in [4.69, 9.17) is 4.74 Å². The van der Waals surface area contributed by atoms with E-state index in [2.05, 4.69) is 0 Å². The average molecular weight is 334 g/mol. The summed E-state index contributed by atoms with van der Waals surface area (Å²) in [5, 5.41) is 21.2. The summed E-state index contributed by atoms with van der Waals surface area (Å²) in [5.41, 5.74) is -0.169. The van der Waals surface area contributed by atoms with Gasteiger partial charge in [0.25, 0.3) is 11.6 Å². The van der Waals surface area contributed by atoms with E-state index in [1.54, 1.807) is 4.90 Å². The molecule has 0 bridgehead atoms. The predicted molar refractivity (Wildman–Crippen MR) is 86.4 cm³/mol. The highest BCUT2D eigenvalue weighted by atomic mass is 16.6. The van der Waals surface area contributed by atoms with Gasteiger partial charge in [-0.2, -0.15) is 0 Å². The van der Waals surface area contributed by atoms with Crippen LogP contribution in [0.25, 0.3) is 0 Å². The molecule has 7 heteroatoms. The van der Waals surface area contributed by atoms with E-state index in [0.717, 1.165) is 25.7 Å². The summed E-state index contributed by atoms with van der Waals surface area (Å²) < 4.78 is 5.96. The number of nitro groups is 1. The van der Waals surface area contributed by atoms with Crippen LogP contribution in [0, 0.1) is 10.1 Å². The molecule has 1 spiro atoms. The van der Waals surface area contributed by atoms with Crippen molar-refractivity contribution in [3.63, 3.8) is 0 Å². The maximum Gasteiger partial charge on any atom is 0.269 e. The minimum Gasteiger partial charge on any atom is -0.378 e. The van der Waals surface area contributed by atoms with Gasteiger partial charge in [-0.3, -0.25) is 14.9 Å². The Labute approximate surface area is 140 Å². The summed E-state index contributed by atoms with van der Waals surface area (Å²) in [6.07, 6.45) is 3.86. The summed E-state index contributed by atoms with van der Waals surface area (Å²) in [4.78, 5) is 24.6. The summed E-state index contributed by atoms with van der Waals surface area (Å²) >= 11 is 0. The fraction of sp³-hybridized carbons (Fsp3) is 0.588. The number of nitro benzene ring substituents is 1. The zero-order chi connectivity index (χ0) is 17.2. The molecule has 130 valence electrons. The number of ether oxygens (including phenoxy) is 1. The van der Waals surface area contributed by atoms with Gasteiger partial charge < -0.3 is 14.7 Å². The van der Waals surface area contributed by atoms with E-state index in [0.29, 0.717) is 19.7 Å². The number of aliphatic hydroxyl groups is 1. The molecule has 1 aliphatic carbocycles. The molecule has 1 atom stereocenters. The van der Waals surface area contributed by atoms with Crippen LogP contribution in [0.4, 0.5) is 5.69 Å². The van der Waals surface area contributed by atoms with Gasteiger partial charge in [-0.15, -0.1) is 0 Å². The first-order valence-corrected chi connectivity index (χ1v) is 8.36. The number of carbonyl (C=O) groups excluding carboxylic acids is 1. The van der Waals surface area contributed by atoms with Crippen molar-refractivity contribution in [1.82, 2.24) is 4.90 Å². The maximum atomic E-state index is 12.7. The molecule has 0 radical (unpaired) electrons. The van der Waals surface area contributed by atoms with Crippen LogP contribution in [-0.4, -0.2) is 46.1 Å². The molecule has 1 N–H and O–H groups in total. The third kappa shape index (κ3) is 3.42. The van der Waals surface area contributed by atoms with Crippen molar-refractivity contribution in [2.75, 3.05) is 19.7 Å². The van der Waals surface area contributed by atoms with Crippen LogP contribution >= 0.6 is 0 Å². The minimum absolute atomic E-state index is 0.134. The van der Waals surface area contributed by atoms with E-state index in [-0.39, 0.29) is 16.9 Å². The number of hydrogen-bond donors (Lipinski definition) is 1. The molecule has 2 aliphatic rings. The third-order valence-electron chi connectivity index (χ3n) is 4.96. The number of benzene rings is 1. The van der Waals surface area contributed by atoms with Gasteiger partial charge in [0.05, 0.1) is 17.1 Å². The van der Waals surface area contributed by atoms with Gasteiger partial charge in [0.1, 0.15) is 0 Å². The molecule has 7 nitrogen and oxygen atoms in total. The zero-order valence-electron chi connectivity index (χ0n) is 13.5. The highest BCUT2D eigenvalue weighted by Gasteiger charge is 2.40. The Morgan fingerprint density at radius 3 is 2.79 bits per heavy atom. The van der Waals surface area contributed by atoms with Crippen LogP contribution in [0.5, 0.6) is 0 Å². The van der Waals surface area contributed by atoms with E-state index in [1.165, 1.54) is 30.7 Å². The van der Waals surface area contributed by atoms with Crippen molar-refractivity contribution < 1.29 is 19.6 Å². The first-order chi connectivity index (χ1) is 11.5. The van der Waals surface area contributed by atoms with E-state index in [9.17, 15) is 20.0 Å². The van der Waals surface area contributed by atoms with Crippen LogP contribution in [0.15, 0.2) is 24.3 Å². The van der Waals surface area contributed by atoms with Crippen LogP contribution in [0.1, 0.15) is 43.8 Å². The average Bonchev–Trinajstić information content (AvgIpc) is 2.61. The maximum absolute atomic E-state index is 12.7. The zero-order valence-corrected chi connectivity index (χ0v) is 13.5. The Morgan fingerprint density at radius 1 is 1.33 bits per heavy atom. The molecule has 1 aromatic carbocycles. The summed E-state index contributed by atoms with van der Waals surface area (Å²) in [6, 6.07) is 5.60. The first-order valence-electron chi connectivity index (χ1n) is 8.36. The fourth-order valence-corrected chi connectivity index (χ4v) is 3.66. The lowest BCUT2D eigenvalue weighted by Crippen LogP contribution is -2.55. The number of aliphatic hydroxyl groups excluding tert-OH is 1. The van der Waals surface area contributed by atoms with Crippen molar-refractivity contribution >= 4 is 11.6 Å². The lowest BCUT2D eigenvalue weighted by atomic mass is 9.83. The highest BCUT2D eigenvalue weighted by Crippen LogP contribution is 2.35. The largest absolute Gasteiger partial charge is 0.378 e. The second kappa shape index (κ2) is 6.86. The number of amides is 1. The molecule has 0 aromatic heterocycles. The standard InChI is InChI=1S/C17H22N2O5/c20-15(13-5-4-6-14(11-13)19(22)23)16(21)18-9-10-24-17(12-18)7-2-1-3-8-17/h4-6,11,15,20H,1-3,7-10,12H2/t15-/m0/s1. The van der Waals surface area contributed by atoms with Gasteiger partial charge in [-0.1, -0.05) is 31.4 Å². The van der Waals surface area contributed by atoms with Crippen molar-refractivity contribution in [2.24, 2.45) is 0 Å². The molecule has 1 saturated carbocycles. The Hall–Kier alpha value is -1.99. The smallest absolute Gasteiger partial charge is 0.269 e. The van der Waals surface area contributed by atoms with Gasteiger partial charge in [-0.05, 0) is 18.4 Å². The molecule has 2 fully saturated rings. The van der Waals surface area contributed by atoms with Crippen molar-refractivity contribution in [3.8, 4) is 0 Å². The van der Waals surface area contributed by atoms with Crippen molar-refractivity contribution in [2.45, 2.75) is 43.8 Å². The predicted octanol–water partition coefficient (Wildman–Crippen LogP) is 2.19. The van der Waals surface area contributed by atoms with Crippen molar-refractivity contribution in [1.29, 1.82) is 0 Å². The second-order valence-electron chi connectivity index (χ2n) is 6.61. The molecule has 1 aliphatic heterocycles. The number of rotatable bonds is 3. The Kier molecular flexibility index (Phi) is 4.82. The summed E-state index contributed by atoms with van der Waals surface area (Å²) in [5.74, 6) is -0.413. The van der Waals surface area contributed by atoms with Crippen LogP contribution in [0.3, 0.4) is 0 Å². The molecule has 1 saturated heterocycles. The lowest BCUT2D eigenvalue weighted by Gasteiger charge is -2.45. The molecular weight excluding hydrogens is 312 g/mol. The second-order valence-corrected chi connectivity index (χ2v) is 6.61. The molecule has 1 heterocycles. The SMILES string of the molecule is O=C([C@@H](O)c1cccc([N+](=O)[O-])c1)N1CCOC2(CCCCC2)C1. The van der Waals surface area contributed by atoms with Gasteiger partial charge in [-0.25, -0.2) is 0 Å². The molecule has 1 amide bonds. The van der Waals surface area contributed by atoms with Gasteiger partial charge in [0, 0.05) is 25.2 Å². The fourth-order valence-electron chi connectivity index (χ4n) is 3.66. The lowest BCUT2D eigenvalue weighted by molar-refractivity contribution is -0.385.